The van der Waals surface area contributed by atoms with E-state index in [0.717, 1.165) is 12.8 Å². The van der Waals surface area contributed by atoms with Gasteiger partial charge in [0.1, 0.15) is 4.33 Å². The third-order valence-corrected chi connectivity index (χ3v) is 4.69. The molecule has 0 N–H and O–H groups in total. The Balaban J connectivity index is 2.67. The van der Waals surface area contributed by atoms with E-state index in [2.05, 4.69) is 20.8 Å². The molecule has 0 aromatic carbocycles. The van der Waals surface area contributed by atoms with Gasteiger partial charge < -0.3 is 0 Å². The van der Waals surface area contributed by atoms with E-state index in [9.17, 15) is 0 Å². The van der Waals surface area contributed by atoms with Crippen molar-refractivity contribution in [2.24, 2.45) is 11.3 Å². The van der Waals surface area contributed by atoms with Crippen molar-refractivity contribution >= 4 is 23.2 Å². The molecule has 0 bridgehead atoms. The number of hydrogen-bond donors (Lipinski definition) is 0. The zero-order valence-electron chi connectivity index (χ0n) is 7.45. The highest BCUT2D eigenvalue weighted by Crippen LogP contribution is 2.72. The number of alkyl halides is 2. The summed E-state index contributed by atoms with van der Waals surface area (Å²) in [7, 11) is 0. The Bertz CT molecular complexity index is 154. The first-order valence-corrected chi connectivity index (χ1v) is 5.16. The van der Waals surface area contributed by atoms with Crippen molar-refractivity contribution in [3.8, 4) is 0 Å². The van der Waals surface area contributed by atoms with Crippen LogP contribution in [0.3, 0.4) is 0 Å². The van der Waals surface area contributed by atoms with Crippen LogP contribution in [0, 0.1) is 11.3 Å². The Morgan fingerprint density at radius 1 is 1.27 bits per heavy atom. The molecule has 0 saturated heterocycles. The zero-order valence-corrected chi connectivity index (χ0v) is 8.97. The van der Waals surface area contributed by atoms with Crippen molar-refractivity contribution in [2.45, 2.75) is 44.4 Å². The molecular weight excluding hydrogens is 179 g/mol. The van der Waals surface area contributed by atoms with Gasteiger partial charge in [-0.25, -0.2) is 0 Å². The number of rotatable bonds is 3. The number of hydrogen-bond acceptors (Lipinski definition) is 0. The molecule has 2 unspecified atom stereocenters. The van der Waals surface area contributed by atoms with Crippen molar-refractivity contribution < 1.29 is 0 Å². The van der Waals surface area contributed by atoms with Crippen molar-refractivity contribution in [1.29, 1.82) is 0 Å². The van der Waals surface area contributed by atoms with E-state index < -0.39 is 4.33 Å². The standard InChI is InChI=1S/C9H16Cl2/c1-4-6-8(5-2)7(3)9(8,10)11/h7H,4-6H2,1-3H3. The molecule has 1 aliphatic rings. The molecule has 2 heteroatoms. The molecule has 0 spiro atoms. The van der Waals surface area contributed by atoms with E-state index in [-0.39, 0.29) is 5.41 Å². The van der Waals surface area contributed by atoms with Gasteiger partial charge in [-0.3, -0.25) is 0 Å². The molecular formula is C9H16Cl2. The second kappa shape index (κ2) is 2.81. The maximum absolute atomic E-state index is 6.16. The molecule has 0 nitrogen and oxygen atoms in total. The quantitative estimate of drug-likeness (QED) is 0.597. The van der Waals surface area contributed by atoms with E-state index in [4.69, 9.17) is 23.2 Å². The molecule has 0 aliphatic heterocycles. The minimum absolute atomic E-state index is 0.227. The first kappa shape index (κ1) is 9.67. The molecule has 2 atom stereocenters. The maximum atomic E-state index is 6.16. The van der Waals surface area contributed by atoms with Crippen molar-refractivity contribution in [1.82, 2.24) is 0 Å². The fourth-order valence-corrected chi connectivity index (χ4v) is 3.35. The third-order valence-electron chi connectivity index (χ3n) is 3.28. The predicted molar refractivity (Wildman–Crippen MR) is 51.2 cm³/mol. The minimum atomic E-state index is -0.433. The van der Waals surface area contributed by atoms with E-state index in [1.54, 1.807) is 0 Å². The Morgan fingerprint density at radius 3 is 1.82 bits per heavy atom. The lowest BCUT2D eigenvalue weighted by Gasteiger charge is -2.13. The van der Waals surface area contributed by atoms with Crippen molar-refractivity contribution in [2.75, 3.05) is 0 Å². The smallest absolute Gasteiger partial charge is 0.101 e. The first-order chi connectivity index (χ1) is 5.03. The highest BCUT2D eigenvalue weighted by molar-refractivity contribution is 6.51. The summed E-state index contributed by atoms with van der Waals surface area (Å²) in [6, 6.07) is 0. The fraction of sp³-hybridized carbons (Fsp3) is 1.00. The Morgan fingerprint density at radius 2 is 1.73 bits per heavy atom. The van der Waals surface area contributed by atoms with Gasteiger partial charge in [0.2, 0.25) is 0 Å². The summed E-state index contributed by atoms with van der Waals surface area (Å²) in [5.74, 6) is 0.475. The summed E-state index contributed by atoms with van der Waals surface area (Å²) >= 11 is 12.3. The summed E-state index contributed by atoms with van der Waals surface area (Å²) in [4.78, 5) is 0. The maximum Gasteiger partial charge on any atom is 0.127 e. The van der Waals surface area contributed by atoms with Crippen molar-refractivity contribution in [3.05, 3.63) is 0 Å². The highest BCUT2D eigenvalue weighted by Gasteiger charge is 2.71. The van der Waals surface area contributed by atoms with Gasteiger partial charge >= 0.3 is 0 Å². The lowest BCUT2D eigenvalue weighted by Crippen LogP contribution is -2.07. The molecule has 11 heavy (non-hydrogen) atoms. The average molecular weight is 195 g/mol. The van der Waals surface area contributed by atoms with Crippen LogP contribution in [0.1, 0.15) is 40.0 Å². The van der Waals surface area contributed by atoms with Crippen LogP contribution in [0.4, 0.5) is 0 Å². The third kappa shape index (κ3) is 1.10. The molecule has 0 amide bonds. The van der Waals surface area contributed by atoms with Gasteiger partial charge in [-0.2, -0.15) is 0 Å². The normalized spacial score (nSPS) is 40.6. The van der Waals surface area contributed by atoms with Crippen LogP contribution in [0.15, 0.2) is 0 Å². The van der Waals surface area contributed by atoms with Crippen molar-refractivity contribution in [3.63, 3.8) is 0 Å². The van der Waals surface area contributed by atoms with Gasteiger partial charge in [0.25, 0.3) is 0 Å². The lowest BCUT2D eigenvalue weighted by atomic mass is 9.95. The molecule has 1 saturated carbocycles. The van der Waals surface area contributed by atoms with Crippen LogP contribution >= 0.6 is 23.2 Å². The lowest BCUT2D eigenvalue weighted by molar-refractivity contribution is 0.404. The molecule has 0 radical (unpaired) electrons. The first-order valence-electron chi connectivity index (χ1n) is 4.40. The zero-order chi connectivity index (χ0) is 8.70. The second-order valence-corrected chi connectivity index (χ2v) is 4.99. The van der Waals surface area contributed by atoms with Crippen LogP contribution in [0.2, 0.25) is 0 Å². The molecule has 1 rings (SSSR count). The summed E-state index contributed by atoms with van der Waals surface area (Å²) in [5, 5.41) is 0. The molecule has 0 aromatic heterocycles. The minimum Gasteiger partial charge on any atom is -0.101 e. The molecule has 1 aliphatic carbocycles. The van der Waals surface area contributed by atoms with E-state index in [1.807, 2.05) is 0 Å². The van der Waals surface area contributed by atoms with Gasteiger partial charge in [-0.05, 0) is 18.8 Å². The van der Waals surface area contributed by atoms with Crippen LogP contribution in [0.5, 0.6) is 0 Å². The van der Waals surface area contributed by atoms with E-state index in [1.165, 1.54) is 6.42 Å². The second-order valence-electron chi connectivity index (χ2n) is 3.60. The highest BCUT2D eigenvalue weighted by atomic mass is 35.5. The summed E-state index contributed by atoms with van der Waals surface area (Å²) in [5.41, 5.74) is 0.227. The molecule has 0 heterocycles. The molecule has 0 aromatic rings. The Kier molecular flexibility index (Phi) is 2.47. The predicted octanol–water partition coefficient (Wildman–Crippen LogP) is 4.01. The van der Waals surface area contributed by atoms with E-state index in [0.29, 0.717) is 5.92 Å². The summed E-state index contributed by atoms with van der Waals surface area (Å²) in [6.45, 7) is 6.52. The topological polar surface area (TPSA) is 0 Å². The largest absolute Gasteiger partial charge is 0.127 e. The van der Waals surface area contributed by atoms with Gasteiger partial charge in [-0.1, -0.05) is 27.2 Å². The fourth-order valence-electron chi connectivity index (χ4n) is 2.26. The molecule has 66 valence electrons. The van der Waals surface area contributed by atoms with Crippen LogP contribution in [-0.4, -0.2) is 4.33 Å². The van der Waals surface area contributed by atoms with Gasteiger partial charge in [0, 0.05) is 5.41 Å². The van der Waals surface area contributed by atoms with Crippen LogP contribution in [0.25, 0.3) is 0 Å². The van der Waals surface area contributed by atoms with E-state index >= 15 is 0 Å². The Hall–Kier alpha value is 0.580. The summed E-state index contributed by atoms with van der Waals surface area (Å²) < 4.78 is -0.433. The van der Waals surface area contributed by atoms with Gasteiger partial charge in [0.15, 0.2) is 0 Å². The Labute approximate surface area is 79.3 Å². The SMILES string of the molecule is CCCC1(CC)C(C)C1(Cl)Cl. The molecule has 1 fully saturated rings. The number of halogens is 2. The summed E-state index contributed by atoms with van der Waals surface area (Å²) in [6.07, 6.45) is 3.45. The van der Waals surface area contributed by atoms with Gasteiger partial charge in [-0.15, -0.1) is 23.2 Å². The average Bonchev–Trinajstić information content (AvgIpc) is 2.36. The monoisotopic (exact) mass is 194 g/mol. The van der Waals surface area contributed by atoms with Gasteiger partial charge in [0.05, 0.1) is 0 Å². The van der Waals surface area contributed by atoms with Crippen LogP contribution < -0.4 is 0 Å². The van der Waals surface area contributed by atoms with Crippen LogP contribution in [-0.2, 0) is 0 Å².